The molecule has 0 bridgehead atoms. The van der Waals surface area contributed by atoms with Crippen molar-refractivity contribution in [3.8, 4) is 5.75 Å². The first-order valence-electron chi connectivity index (χ1n) is 7.47. The molecule has 0 fully saturated rings. The van der Waals surface area contributed by atoms with Gasteiger partial charge in [0.05, 0.1) is 13.2 Å². The Morgan fingerprint density at radius 3 is 2.82 bits per heavy atom. The van der Waals surface area contributed by atoms with E-state index >= 15 is 0 Å². The quantitative estimate of drug-likeness (QED) is 0.876. The summed E-state index contributed by atoms with van der Waals surface area (Å²) >= 11 is 0. The van der Waals surface area contributed by atoms with Crippen molar-refractivity contribution >= 4 is 12.0 Å². The second-order valence-corrected chi connectivity index (χ2v) is 5.37. The third-order valence-corrected chi connectivity index (χ3v) is 4.00. The summed E-state index contributed by atoms with van der Waals surface area (Å²) in [6.07, 6.45) is 5.35. The molecule has 0 aliphatic heterocycles. The maximum absolute atomic E-state index is 12.1. The number of methoxy groups -OCH3 is 1. The molecule has 3 heteroatoms. The van der Waals surface area contributed by atoms with Crippen molar-refractivity contribution < 1.29 is 9.53 Å². The van der Waals surface area contributed by atoms with Crippen molar-refractivity contribution in [2.45, 2.75) is 18.9 Å². The summed E-state index contributed by atoms with van der Waals surface area (Å²) in [7, 11) is 1.63. The lowest BCUT2D eigenvalue weighted by Gasteiger charge is -2.12. The van der Waals surface area contributed by atoms with Gasteiger partial charge in [0.25, 0.3) is 0 Å². The van der Waals surface area contributed by atoms with Crippen LogP contribution in [0.5, 0.6) is 5.75 Å². The van der Waals surface area contributed by atoms with Gasteiger partial charge in [-0.2, -0.15) is 0 Å². The first kappa shape index (κ1) is 14.4. The molecule has 2 aromatic rings. The van der Waals surface area contributed by atoms with Crippen LogP contribution in [-0.2, 0) is 11.2 Å². The Hall–Kier alpha value is -2.55. The molecule has 1 aliphatic rings. The molecule has 0 saturated carbocycles. The molecule has 1 atom stereocenters. The number of hydrogen-bond donors (Lipinski definition) is 1. The van der Waals surface area contributed by atoms with Gasteiger partial charge in [-0.1, -0.05) is 42.5 Å². The number of carbonyl (C=O) groups is 1. The number of amides is 1. The zero-order valence-corrected chi connectivity index (χ0v) is 12.6. The Balaban J connectivity index is 1.67. The third kappa shape index (κ3) is 3.03. The second-order valence-electron chi connectivity index (χ2n) is 5.37. The molecule has 0 saturated heterocycles. The van der Waals surface area contributed by atoms with Gasteiger partial charge < -0.3 is 10.1 Å². The average Bonchev–Trinajstić information content (AvgIpc) is 2.96. The highest BCUT2D eigenvalue weighted by atomic mass is 16.5. The lowest BCUT2D eigenvalue weighted by Crippen LogP contribution is -2.25. The summed E-state index contributed by atoms with van der Waals surface area (Å²) in [6, 6.07) is 16.0. The molecule has 3 rings (SSSR count). The number of benzene rings is 2. The molecular weight excluding hydrogens is 274 g/mol. The molecule has 0 heterocycles. The van der Waals surface area contributed by atoms with E-state index in [4.69, 9.17) is 4.74 Å². The fraction of sp³-hybridized carbons (Fsp3) is 0.211. The molecule has 2 aromatic carbocycles. The molecule has 22 heavy (non-hydrogen) atoms. The summed E-state index contributed by atoms with van der Waals surface area (Å²) < 4.78 is 5.27. The van der Waals surface area contributed by atoms with Crippen LogP contribution in [0.4, 0.5) is 0 Å². The van der Waals surface area contributed by atoms with Crippen LogP contribution < -0.4 is 10.1 Å². The highest BCUT2D eigenvalue weighted by Crippen LogP contribution is 2.30. The molecule has 0 spiro atoms. The van der Waals surface area contributed by atoms with Gasteiger partial charge >= 0.3 is 0 Å². The molecule has 1 N–H and O–H groups in total. The van der Waals surface area contributed by atoms with Gasteiger partial charge in [0.2, 0.25) is 5.91 Å². The van der Waals surface area contributed by atoms with Crippen LogP contribution in [-0.4, -0.2) is 13.0 Å². The molecule has 1 amide bonds. The Morgan fingerprint density at radius 1 is 1.18 bits per heavy atom. The minimum absolute atomic E-state index is 0.0763. The van der Waals surface area contributed by atoms with Crippen molar-refractivity contribution in [2.24, 2.45) is 0 Å². The maximum Gasteiger partial charge on any atom is 0.244 e. The lowest BCUT2D eigenvalue weighted by molar-refractivity contribution is -0.117. The number of para-hydroxylation sites is 1. The molecule has 1 aliphatic carbocycles. The number of rotatable bonds is 4. The standard InChI is InChI=1S/C19H19NO2/c1-22-18-9-5-3-7-15(18)11-13-19(21)20-17-12-10-14-6-2-4-8-16(14)17/h2-9,11,13,17H,10,12H2,1H3,(H,20,21)/b13-11+. The van der Waals surface area contributed by atoms with Crippen LogP contribution in [0.15, 0.2) is 54.6 Å². The van der Waals surface area contributed by atoms with Gasteiger partial charge in [0.15, 0.2) is 0 Å². The normalized spacial score (nSPS) is 16.5. The number of fused-ring (bicyclic) bond motifs is 1. The molecular formula is C19H19NO2. The second kappa shape index (κ2) is 6.48. The largest absolute Gasteiger partial charge is 0.496 e. The van der Waals surface area contributed by atoms with Crippen LogP contribution in [0.25, 0.3) is 6.08 Å². The van der Waals surface area contributed by atoms with Gasteiger partial charge in [-0.25, -0.2) is 0 Å². The van der Waals surface area contributed by atoms with Gasteiger partial charge in [-0.05, 0) is 36.1 Å². The van der Waals surface area contributed by atoms with E-state index in [1.165, 1.54) is 11.1 Å². The van der Waals surface area contributed by atoms with Crippen molar-refractivity contribution in [3.63, 3.8) is 0 Å². The van der Waals surface area contributed by atoms with Crippen LogP contribution in [0.3, 0.4) is 0 Å². The van der Waals surface area contributed by atoms with E-state index in [9.17, 15) is 4.79 Å². The monoisotopic (exact) mass is 293 g/mol. The number of ether oxygens (including phenoxy) is 1. The Labute approximate surface area is 130 Å². The average molecular weight is 293 g/mol. The van der Waals surface area contributed by atoms with E-state index in [1.54, 1.807) is 19.3 Å². The van der Waals surface area contributed by atoms with Crippen molar-refractivity contribution in [1.29, 1.82) is 0 Å². The van der Waals surface area contributed by atoms with Crippen molar-refractivity contribution in [3.05, 3.63) is 71.3 Å². The highest BCUT2D eigenvalue weighted by Gasteiger charge is 2.22. The minimum Gasteiger partial charge on any atom is -0.496 e. The van der Waals surface area contributed by atoms with Crippen LogP contribution in [0.1, 0.15) is 29.2 Å². The SMILES string of the molecule is COc1ccccc1/C=C/C(=O)NC1CCc2ccccc21. The van der Waals surface area contributed by atoms with Crippen molar-refractivity contribution in [2.75, 3.05) is 7.11 Å². The first-order chi connectivity index (χ1) is 10.8. The Bertz CT molecular complexity index is 706. The predicted molar refractivity (Wildman–Crippen MR) is 87.7 cm³/mol. The topological polar surface area (TPSA) is 38.3 Å². The molecule has 0 radical (unpaired) electrons. The zero-order chi connectivity index (χ0) is 15.4. The third-order valence-electron chi connectivity index (χ3n) is 4.00. The van der Waals surface area contributed by atoms with Gasteiger partial charge in [-0.15, -0.1) is 0 Å². The molecule has 0 aromatic heterocycles. The lowest BCUT2D eigenvalue weighted by atomic mass is 10.1. The Morgan fingerprint density at radius 2 is 1.95 bits per heavy atom. The van der Waals surface area contributed by atoms with Gasteiger partial charge in [-0.3, -0.25) is 4.79 Å². The van der Waals surface area contributed by atoms with Crippen LogP contribution >= 0.6 is 0 Å². The number of nitrogens with one attached hydrogen (secondary N) is 1. The number of hydrogen-bond acceptors (Lipinski definition) is 2. The smallest absolute Gasteiger partial charge is 0.244 e. The number of carbonyl (C=O) groups excluding carboxylic acids is 1. The zero-order valence-electron chi connectivity index (χ0n) is 12.6. The summed E-state index contributed by atoms with van der Waals surface area (Å²) in [5.74, 6) is 0.686. The summed E-state index contributed by atoms with van der Waals surface area (Å²) in [6.45, 7) is 0. The molecule has 112 valence electrons. The van der Waals surface area contributed by atoms with E-state index in [0.29, 0.717) is 0 Å². The summed E-state index contributed by atoms with van der Waals surface area (Å²) in [4.78, 5) is 12.1. The molecule has 1 unspecified atom stereocenters. The minimum atomic E-state index is -0.0763. The van der Waals surface area contributed by atoms with E-state index < -0.39 is 0 Å². The van der Waals surface area contributed by atoms with Crippen molar-refractivity contribution in [1.82, 2.24) is 5.32 Å². The predicted octanol–water partition coefficient (Wildman–Crippen LogP) is 3.51. The first-order valence-corrected chi connectivity index (χ1v) is 7.47. The van der Waals surface area contributed by atoms with E-state index in [1.807, 2.05) is 36.4 Å². The summed E-state index contributed by atoms with van der Waals surface area (Å²) in [5, 5.41) is 3.08. The Kier molecular flexibility index (Phi) is 4.24. The number of aryl methyl sites for hydroxylation is 1. The maximum atomic E-state index is 12.1. The fourth-order valence-corrected chi connectivity index (χ4v) is 2.90. The highest BCUT2D eigenvalue weighted by molar-refractivity contribution is 5.92. The summed E-state index contributed by atoms with van der Waals surface area (Å²) in [5.41, 5.74) is 3.47. The van der Waals surface area contributed by atoms with Crippen LogP contribution in [0, 0.1) is 0 Å². The van der Waals surface area contributed by atoms with E-state index in [2.05, 4.69) is 17.4 Å². The van der Waals surface area contributed by atoms with Gasteiger partial charge in [0.1, 0.15) is 5.75 Å². The van der Waals surface area contributed by atoms with E-state index in [0.717, 1.165) is 24.2 Å². The fourth-order valence-electron chi connectivity index (χ4n) is 2.90. The van der Waals surface area contributed by atoms with E-state index in [-0.39, 0.29) is 11.9 Å². The van der Waals surface area contributed by atoms with Crippen LogP contribution in [0.2, 0.25) is 0 Å². The van der Waals surface area contributed by atoms with Gasteiger partial charge in [0, 0.05) is 11.6 Å². The molecule has 3 nitrogen and oxygen atoms in total.